The average Bonchev–Trinajstić information content (AvgIpc) is 2.81. The number of benzene rings is 1. The highest BCUT2D eigenvalue weighted by Gasteiger charge is 2.23. The summed E-state index contributed by atoms with van der Waals surface area (Å²) in [5, 5.41) is 0.729. The third kappa shape index (κ3) is 2.44. The van der Waals surface area contributed by atoms with E-state index in [0.29, 0.717) is 27.3 Å². The van der Waals surface area contributed by atoms with Crippen molar-refractivity contribution >= 4 is 28.8 Å². The maximum Gasteiger partial charge on any atom is 0.514 e. The lowest BCUT2D eigenvalue weighted by Gasteiger charge is -2.11. The fraction of sp³-hybridized carbons (Fsp3) is 0.133. The van der Waals surface area contributed by atoms with Crippen LogP contribution in [0.4, 0.5) is 4.79 Å². The number of aromatic amines is 1. The van der Waals surface area contributed by atoms with Crippen molar-refractivity contribution in [3.05, 3.63) is 51.5 Å². The Labute approximate surface area is 135 Å². The van der Waals surface area contributed by atoms with Crippen molar-refractivity contribution in [2.45, 2.75) is 6.92 Å². The van der Waals surface area contributed by atoms with Gasteiger partial charge in [0.2, 0.25) is 5.88 Å². The van der Waals surface area contributed by atoms with E-state index in [1.54, 1.807) is 31.2 Å². The maximum atomic E-state index is 12.1. The summed E-state index contributed by atoms with van der Waals surface area (Å²) in [7, 11) is 1.20. The van der Waals surface area contributed by atoms with Crippen molar-refractivity contribution in [2.75, 3.05) is 7.11 Å². The van der Waals surface area contributed by atoms with E-state index in [-0.39, 0.29) is 11.4 Å². The van der Waals surface area contributed by atoms with Crippen LogP contribution in [0, 0.1) is 6.92 Å². The molecule has 0 aliphatic heterocycles. The highest BCUT2D eigenvalue weighted by atomic mass is 35.5. The van der Waals surface area contributed by atoms with Crippen LogP contribution in [0.25, 0.3) is 16.7 Å². The first-order valence-corrected chi connectivity index (χ1v) is 7.01. The molecule has 0 radical (unpaired) electrons. The number of hydrogen-bond acceptors (Lipinski definition) is 5. The monoisotopic (exact) mass is 333 g/mol. The third-order valence-corrected chi connectivity index (χ3v) is 3.70. The Kier molecular flexibility index (Phi) is 3.79. The molecular formula is C15H12ClN3O4. The van der Waals surface area contributed by atoms with Crippen molar-refractivity contribution in [3.63, 3.8) is 0 Å². The summed E-state index contributed by atoms with van der Waals surface area (Å²) >= 11 is 6.24. The second-order valence-corrected chi connectivity index (χ2v) is 5.11. The van der Waals surface area contributed by atoms with Gasteiger partial charge in [-0.25, -0.2) is 9.78 Å². The summed E-state index contributed by atoms with van der Waals surface area (Å²) < 4.78 is 11.3. The zero-order valence-electron chi connectivity index (χ0n) is 12.3. The van der Waals surface area contributed by atoms with Crippen LogP contribution in [0.5, 0.6) is 5.88 Å². The van der Waals surface area contributed by atoms with E-state index in [1.165, 1.54) is 18.0 Å². The first-order chi connectivity index (χ1) is 11.0. The van der Waals surface area contributed by atoms with Crippen LogP contribution in [-0.2, 0) is 4.74 Å². The van der Waals surface area contributed by atoms with Gasteiger partial charge in [-0.15, -0.1) is 0 Å². The molecule has 0 atom stereocenters. The van der Waals surface area contributed by atoms with Crippen LogP contribution >= 0.6 is 11.6 Å². The lowest BCUT2D eigenvalue weighted by atomic mass is 10.3. The highest BCUT2D eigenvalue weighted by Crippen LogP contribution is 2.34. The molecule has 0 spiro atoms. The predicted octanol–water partition coefficient (Wildman–Crippen LogP) is 2.82. The molecule has 8 heteroatoms. The van der Waals surface area contributed by atoms with Crippen LogP contribution in [0.3, 0.4) is 0 Å². The number of carbonyl (C=O) groups is 1. The second-order valence-electron chi connectivity index (χ2n) is 4.70. The van der Waals surface area contributed by atoms with Crippen molar-refractivity contribution in [2.24, 2.45) is 0 Å². The van der Waals surface area contributed by atoms with E-state index in [4.69, 9.17) is 16.3 Å². The Morgan fingerprint density at radius 1 is 1.35 bits per heavy atom. The minimum Gasteiger partial charge on any atom is -0.437 e. The van der Waals surface area contributed by atoms with Gasteiger partial charge in [0.25, 0.3) is 5.56 Å². The lowest BCUT2D eigenvalue weighted by Crippen LogP contribution is -2.11. The molecule has 1 aromatic carbocycles. The average molecular weight is 334 g/mol. The van der Waals surface area contributed by atoms with Crippen LogP contribution in [-0.4, -0.2) is 27.8 Å². The number of aryl methyl sites for hydroxylation is 1. The van der Waals surface area contributed by atoms with Gasteiger partial charge in [0.15, 0.2) is 5.65 Å². The van der Waals surface area contributed by atoms with E-state index in [9.17, 15) is 9.59 Å². The van der Waals surface area contributed by atoms with Gasteiger partial charge in [-0.2, -0.15) is 0 Å². The van der Waals surface area contributed by atoms with Gasteiger partial charge >= 0.3 is 6.16 Å². The zero-order valence-corrected chi connectivity index (χ0v) is 13.0. The highest BCUT2D eigenvalue weighted by molar-refractivity contribution is 6.32. The first-order valence-electron chi connectivity index (χ1n) is 6.64. The number of aromatic nitrogens is 3. The Morgan fingerprint density at radius 3 is 2.78 bits per heavy atom. The Bertz CT molecular complexity index is 961. The first kappa shape index (κ1) is 15.1. The molecule has 2 heterocycles. The number of ether oxygens (including phenoxy) is 2. The van der Waals surface area contributed by atoms with Gasteiger partial charge in [-0.05, 0) is 19.1 Å². The molecule has 0 unspecified atom stereocenters. The van der Waals surface area contributed by atoms with Crippen LogP contribution in [0.15, 0.2) is 35.4 Å². The molecule has 23 heavy (non-hydrogen) atoms. The van der Waals surface area contributed by atoms with Gasteiger partial charge in [0.05, 0.1) is 29.5 Å². The molecule has 0 aliphatic carbocycles. The molecule has 0 saturated heterocycles. The molecule has 1 N–H and O–H groups in total. The molecule has 3 rings (SSSR count). The van der Waals surface area contributed by atoms with E-state index >= 15 is 0 Å². The fourth-order valence-electron chi connectivity index (χ4n) is 2.37. The van der Waals surface area contributed by atoms with E-state index < -0.39 is 6.16 Å². The molecule has 0 bridgehead atoms. The molecular weight excluding hydrogens is 322 g/mol. The van der Waals surface area contributed by atoms with Gasteiger partial charge in [-0.1, -0.05) is 23.7 Å². The number of H-pyrrole nitrogens is 1. The Balaban J connectivity index is 2.41. The summed E-state index contributed by atoms with van der Waals surface area (Å²) in [5.74, 6) is 0.129. The van der Waals surface area contributed by atoms with E-state index in [2.05, 4.69) is 14.7 Å². The largest absolute Gasteiger partial charge is 0.514 e. The topological polar surface area (TPSA) is 86.2 Å². The molecule has 0 saturated carbocycles. The minimum absolute atomic E-state index is 0.129. The number of nitrogens with zero attached hydrogens (tertiary/aromatic N) is 2. The quantitative estimate of drug-likeness (QED) is 0.729. The molecule has 7 nitrogen and oxygen atoms in total. The van der Waals surface area contributed by atoms with Crippen molar-refractivity contribution in [3.8, 4) is 11.6 Å². The van der Waals surface area contributed by atoms with Crippen LogP contribution < -0.4 is 10.3 Å². The standard InChI is InChI=1S/C15H12ClN3O4/c1-8-11-12(17-7-18-13(11)20)19(14(8)23-15(21)22-2)10-6-4-3-5-9(10)16/h3-7H,1-2H3,(H,17,18,20). The second kappa shape index (κ2) is 5.77. The van der Waals surface area contributed by atoms with E-state index in [1.807, 2.05) is 0 Å². The lowest BCUT2D eigenvalue weighted by molar-refractivity contribution is 0.119. The van der Waals surface area contributed by atoms with Gasteiger partial charge in [-0.3, -0.25) is 9.36 Å². The van der Waals surface area contributed by atoms with Gasteiger partial charge < -0.3 is 14.5 Å². The number of fused-ring (bicyclic) bond motifs is 1. The SMILES string of the molecule is COC(=O)Oc1c(C)c2c(=O)[nH]cnc2n1-c1ccccc1Cl. The number of para-hydroxylation sites is 1. The van der Waals surface area contributed by atoms with E-state index in [0.717, 1.165) is 0 Å². The third-order valence-electron chi connectivity index (χ3n) is 3.38. The smallest absolute Gasteiger partial charge is 0.437 e. The molecule has 0 amide bonds. The van der Waals surface area contributed by atoms with Crippen LogP contribution in [0.2, 0.25) is 5.02 Å². The number of rotatable bonds is 2. The zero-order chi connectivity index (χ0) is 16.6. The minimum atomic E-state index is -0.902. The summed E-state index contributed by atoms with van der Waals surface area (Å²) in [6, 6.07) is 6.96. The Morgan fingerprint density at radius 2 is 2.09 bits per heavy atom. The number of methoxy groups -OCH3 is 1. The maximum absolute atomic E-state index is 12.1. The van der Waals surface area contributed by atoms with Crippen molar-refractivity contribution in [1.82, 2.24) is 14.5 Å². The Hall–Kier alpha value is -2.80. The van der Waals surface area contributed by atoms with Crippen LogP contribution in [0.1, 0.15) is 5.56 Å². The summed E-state index contributed by atoms with van der Waals surface area (Å²) in [6.07, 6.45) is 0.375. The summed E-state index contributed by atoms with van der Waals surface area (Å²) in [4.78, 5) is 30.4. The molecule has 118 valence electrons. The fourth-order valence-corrected chi connectivity index (χ4v) is 2.59. The molecule has 3 aromatic rings. The van der Waals surface area contributed by atoms with Gasteiger partial charge in [0, 0.05) is 5.56 Å². The number of hydrogen-bond donors (Lipinski definition) is 1. The normalized spacial score (nSPS) is 10.7. The van der Waals surface area contributed by atoms with Crippen molar-refractivity contribution < 1.29 is 14.3 Å². The number of nitrogens with one attached hydrogen (secondary N) is 1. The van der Waals surface area contributed by atoms with Gasteiger partial charge in [0.1, 0.15) is 0 Å². The molecule has 0 aliphatic rings. The number of carbonyl (C=O) groups excluding carboxylic acids is 1. The predicted molar refractivity (Wildman–Crippen MR) is 84.5 cm³/mol. The molecule has 2 aromatic heterocycles. The number of halogens is 1. The molecule has 0 fully saturated rings. The summed E-state index contributed by atoms with van der Waals surface area (Å²) in [5.41, 5.74) is 0.982. The van der Waals surface area contributed by atoms with Crippen molar-refractivity contribution in [1.29, 1.82) is 0 Å². The summed E-state index contributed by atoms with van der Waals surface area (Å²) in [6.45, 7) is 1.66.